The average Bonchev–Trinajstić information content (AvgIpc) is 2.85. The van der Waals surface area contributed by atoms with Crippen LogP contribution in [-0.4, -0.2) is 0 Å². The first-order valence-electron chi connectivity index (χ1n) is 10.5. The lowest BCUT2D eigenvalue weighted by Gasteiger charge is -2.10. The van der Waals surface area contributed by atoms with E-state index in [-0.39, 0.29) is 0 Å². The first-order valence-corrected chi connectivity index (χ1v) is 10.5. The molecule has 5 rings (SSSR count). The molecule has 148 valence electrons. The van der Waals surface area contributed by atoms with E-state index in [1.165, 1.54) is 11.1 Å². The van der Waals surface area contributed by atoms with E-state index in [2.05, 4.69) is 116 Å². The smallest absolute Gasteiger partial charge is 0.206 e. The first-order chi connectivity index (χ1) is 15.3. The van der Waals surface area contributed by atoms with Crippen LogP contribution in [0, 0.1) is 6.92 Å². The van der Waals surface area contributed by atoms with Crippen LogP contribution in [0.3, 0.4) is 0 Å². The normalized spacial score (nSPS) is 10.7. The monoisotopic (exact) mass is 399 g/mol. The van der Waals surface area contributed by atoms with E-state index in [4.69, 9.17) is 4.42 Å². The van der Waals surface area contributed by atoms with E-state index in [0.717, 1.165) is 39.3 Å². The first kappa shape index (κ1) is 19.0. The van der Waals surface area contributed by atoms with Crippen molar-refractivity contribution in [2.45, 2.75) is 6.92 Å². The lowest BCUT2D eigenvalue weighted by atomic mass is 9.91. The Morgan fingerprint density at radius 3 is 1.58 bits per heavy atom. The van der Waals surface area contributed by atoms with Gasteiger partial charge in [0.1, 0.15) is 0 Å². The molecule has 5 aromatic rings. The molecule has 0 aliphatic heterocycles. The molecule has 0 spiro atoms. The summed E-state index contributed by atoms with van der Waals surface area (Å²) in [6, 6.07) is 42.1. The highest BCUT2D eigenvalue weighted by Crippen LogP contribution is 2.43. The van der Waals surface area contributed by atoms with E-state index in [0.29, 0.717) is 0 Å². The Balaban J connectivity index is 1.86. The maximum absolute atomic E-state index is 6.64. The minimum absolute atomic E-state index is 0.859. The molecule has 0 unspecified atom stereocenters. The van der Waals surface area contributed by atoms with Crippen molar-refractivity contribution in [2.24, 2.45) is 0 Å². The summed E-state index contributed by atoms with van der Waals surface area (Å²) >= 11 is 0. The van der Waals surface area contributed by atoms with Crippen molar-refractivity contribution in [3.8, 4) is 44.9 Å². The van der Waals surface area contributed by atoms with Gasteiger partial charge in [-0.3, -0.25) is 0 Å². The summed E-state index contributed by atoms with van der Waals surface area (Å²) in [4.78, 5) is 0. The third-order valence-corrected chi connectivity index (χ3v) is 5.50. The molecule has 1 heterocycles. The SMILES string of the molecule is Cc1ccc(-c2cc(-c3ccccc3)c(-c3ccccc3)c(-c3ccccc3)[o+]2)cc1. The number of aryl methyl sites for hydroxylation is 1. The summed E-state index contributed by atoms with van der Waals surface area (Å²) in [5, 5.41) is 0. The van der Waals surface area contributed by atoms with Crippen molar-refractivity contribution in [3.05, 3.63) is 127 Å². The fraction of sp³-hybridized carbons (Fsp3) is 0.0333. The summed E-state index contributed by atoms with van der Waals surface area (Å²) in [7, 11) is 0. The van der Waals surface area contributed by atoms with Crippen LogP contribution in [0.1, 0.15) is 5.56 Å². The molecule has 0 amide bonds. The zero-order valence-corrected chi connectivity index (χ0v) is 17.5. The Bertz CT molecular complexity index is 1230. The summed E-state index contributed by atoms with van der Waals surface area (Å²) in [5.41, 5.74) is 7.94. The van der Waals surface area contributed by atoms with Crippen molar-refractivity contribution in [1.29, 1.82) is 0 Å². The predicted molar refractivity (Wildman–Crippen MR) is 130 cm³/mol. The molecular weight excluding hydrogens is 376 g/mol. The third-order valence-electron chi connectivity index (χ3n) is 5.50. The molecule has 0 aliphatic rings. The van der Waals surface area contributed by atoms with Crippen molar-refractivity contribution in [2.75, 3.05) is 0 Å². The van der Waals surface area contributed by atoms with Crippen LogP contribution >= 0.6 is 0 Å². The standard InChI is InChI=1S/C30H23O/c1-22-17-19-24(20-18-22)28-21-27(23-11-5-2-6-12-23)29(25-13-7-3-8-14-25)30(31-28)26-15-9-4-10-16-26/h2-21H,1H3/q+1. The van der Waals surface area contributed by atoms with Gasteiger partial charge in [0.25, 0.3) is 0 Å². The van der Waals surface area contributed by atoms with Crippen LogP contribution < -0.4 is 0 Å². The van der Waals surface area contributed by atoms with Crippen LogP contribution in [0.2, 0.25) is 0 Å². The zero-order valence-electron chi connectivity index (χ0n) is 17.5. The summed E-state index contributed by atoms with van der Waals surface area (Å²) in [6.07, 6.45) is 0. The van der Waals surface area contributed by atoms with Crippen molar-refractivity contribution < 1.29 is 4.42 Å². The molecule has 1 nitrogen and oxygen atoms in total. The van der Waals surface area contributed by atoms with E-state index >= 15 is 0 Å². The lowest BCUT2D eigenvalue weighted by molar-refractivity contribution is 0.584. The molecule has 0 aliphatic carbocycles. The van der Waals surface area contributed by atoms with Gasteiger partial charge in [-0.15, -0.1) is 0 Å². The van der Waals surface area contributed by atoms with Crippen LogP contribution in [0.15, 0.2) is 126 Å². The minimum Gasteiger partial charge on any atom is -0.206 e. The maximum atomic E-state index is 6.64. The molecule has 0 fully saturated rings. The third kappa shape index (κ3) is 3.91. The highest BCUT2D eigenvalue weighted by Gasteiger charge is 2.28. The quantitative estimate of drug-likeness (QED) is 0.276. The summed E-state index contributed by atoms with van der Waals surface area (Å²) in [6.45, 7) is 2.10. The van der Waals surface area contributed by atoms with Gasteiger partial charge in [-0.05, 0) is 42.3 Å². The van der Waals surface area contributed by atoms with Crippen molar-refractivity contribution in [1.82, 2.24) is 0 Å². The van der Waals surface area contributed by atoms with Crippen molar-refractivity contribution >= 4 is 0 Å². The second-order valence-corrected chi connectivity index (χ2v) is 7.69. The second kappa shape index (κ2) is 8.41. The molecule has 1 heteroatoms. The van der Waals surface area contributed by atoms with Crippen LogP contribution in [0.5, 0.6) is 0 Å². The molecule has 0 atom stereocenters. The van der Waals surface area contributed by atoms with Crippen LogP contribution in [0.25, 0.3) is 44.9 Å². The Morgan fingerprint density at radius 1 is 0.484 bits per heavy atom. The number of hydrogen-bond donors (Lipinski definition) is 0. The number of benzene rings is 4. The average molecular weight is 400 g/mol. The van der Waals surface area contributed by atoms with E-state index in [1.807, 2.05) is 12.1 Å². The van der Waals surface area contributed by atoms with Gasteiger partial charge in [-0.25, -0.2) is 4.42 Å². The van der Waals surface area contributed by atoms with Gasteiger partial charge >= 0.3 is 11.5 Å². The lowest BCUT2D eigenvalue weighted by Crippen LogP contribution is -1.93. The van der Waals surface area contributed by atoms with Crippen LogP contribution in [-0.2, 0) is 0 Å². The van der Waals surface area contributed by atoms with Crippen LogP contribution in [0.4, 0.5) is 0 Å². The molecule has 31 heavy (non-hydrogen) atoms. The Kier molecular flexibility index (Phi) is 5.16. The van der Waals surface area contributed by atoms with Gasteiger partial charge in [0.2, 0.25) is 0 Å². The highest BCUT2D eigenvalue weighted by atomic mass is 16.3. The molecule has 0 saturated heterocycles. The fourth-order valence-corrected chi connectivity index (χ4v) is 3.91. The topological polar surface area (TPSA) is 11.3 Å². The van der Waals surface area contributed by atoms with Gasteiger partial charge in [-0.1, -0.05) is 96.6 Å². The molecular formula is C30H23O+. The maximum Gasteiger partial charge on any atom is 0.369 e. The zero-order chi connectivity index (χ0) is 21.0. The number of rotatable bonds is 4. The second-order valence-electron chi connectivity index (χ2n) is 7.69. The van der Waals surface area contributed by atoms with Gasteiger partial charge in [0.05, 0.1) is 22.8 Å². The van der Waals surface area contributed by atoms with Gasteiger partial charge in [0, 0.05) is 5.56 Å². The molecule has 1 aromatic heterocycles. The largest absolute Gasteiger partial charge is 0.369 e. The number of hydrogen-bond acceptors (Lipinski definition) is 0. The molecule has 4 aromatic carbocycles. The fourth-order valence-electron chi connectivity index (χ4n) is 3.91. The molecule has 0 saturated carbocycles. The minimum atomic E-state index is 0.859. The predicted octanol–water partition coefficient (Wildman–Crippen LogP) is 8.54. The van der Waals surface area contributed by atoms with Gasteiger partial charge < -0.3 is 0 Å². The Hall–Kier alpha value is -3.97. The molecule has 0 radical (unpaired) electrons. The van der Waals surface area contributed by atoms with Gasteiger partial charge in [-0.2, -0.15) is 0 Å². The van der Waals surface area contributed by atoms with E-state index < -0.39 is 0 Å². The summed E-state index contributed by atoms with van der Waals surface area (Å²) < 4.78 is 6.64. The molecule has 0 N–H and O–H groups in total. The summed E-state index contributed by atoms with van der Waals surface area (Å²) in [5.74, 6) is 1.74. The molecule has 0 bridgehead atoms. The van der Waals surface area contributed by atoms with Crippen molar-refractivity contribution in [3.63, 3.8) is 0 Å². The van der Waals surface area contributed by atoms with E-state index in [9.17, 15) is 0 Å². The van der Waals surface area contributed by atoms with E-state index in [1.54, 1.807) is 0 Å². The van der Waals surface area contributed by atoms with Gasteiger partial charge in [0.15, 0.2) is 0 Å². The Labute approximate surface area is 183 Å². The highest BCUT2D eigenvalue weighted by molar-refractivity contribution is 5.93. The Morgan fingerprint density at radius 2 is 1.00 bits per heavy atom.